The first-order valence-electron chi connectivity index (χ1n) is 7.02. The van der Waals surface area contributed by atoms with E-state index in [2.05, 4.69) is 0 Å². The number of hydrogen-bond donors (Lipinski definition) is 3. The average Bonchev–Trinajstić information content (AvgIpc) is 2.35. The summed E-state index contributed by atoms with van der Waals surface area (Å²) in [5.74, 6) is -0.318. The molecule has 2 aliphatic carbocycles. The fourth-order valence-electron chi connectivity index (χ4n) is 3.20. The van der Waals surface area contributed by atoms with Gasteiger partial charge in [0.2, 0.25) is 0 Å². The molecule has 0 aromatic heterocycles. The molecule has 0 saturated carbocycles. The minimum atomic E-state index is -5.05. The van der Waals surface area contributed by atoms with Gasteiger partial charge < -0.3 is 0 Å². The predicted octanol–water partition coefficient (Wildman–Crippen LogP) is 3.30. The van der Waals surface area contributed by atoms with Gasteiger partial charge in [0.05, 0.1) is 0 Å². The van der Waals surface area contributed by atoms with Crippen LogP contribution in [0.5, 0.6) is 0 Å². The van der Waals surface area contributed by atoms with Crippen LogP contribution in [0.3, 0.4) is 0 Å². The minimum absolute atomic E-state index is 0.159. The molecule has 2 rings (SSSR count). The Labute approximate surface area is 121 Å². The molecule has 0 aromatic carbocycles. The SMILES string of the molecule is CC1C=CC=CC1(C)P(O)(O)(O)C1(C)C=CC=CC1C. The fourth-order valence-corrected chi connectivity index (χ4v) is 6.63. The van der Waals surface area contributed by atoms with E-state index >= 15 is 0 Å². The van der Waals surface area contributed by atoms with Crippen LogP contribution in [0, 0.1) is 11.8 Å². The molecule has 0 aliphatic heterocycles. The van der Waals surface area contributed by atoms with Gasteiger partial charge in [-0.3, -0.25) is 0 Å². The normalized spacial score (nSPS) is 42.5. The summed E-state index contributed by atoms with van der Waals surface area (Å²) in [4.78, 5) is 33.5. The molecule has 3 nitrogen and oxygen atoms in total. The third-order valence-corrected chi connectivity index (χ3v) is 10.2. The van der Waals surface area contributed by atoms with E-state index in [4.69, 9.17) is 0 Å². The average molecular weight is 296 g/mol. The van der Waals surface area contributed by atoms with Gasteiger partial charge in [-0.1, -0.05) is 0 Å². The first kappa shape index (κ1) is 15.7. The zero-order valence-corrected chi connectivity index (χ0v) is 13.5. The Morgan fingerprint density at radius 3 is 1.40 bits per heavy atom. The first-order chi connectivity index (χ1) is 9.04. The van der Waals surface area contributed by atoms with Crippen LogP contribution >= 0.6 is 7.28 Å². The summed E-state index contributed by atoms with van der Waals surface area (Å²) in [5, 5.41) is -2.17. The summed E-state index contributed by atoms with van der Waals surface area (Å²) < 4.78 is 0. The van der Waals surface area contributed by atoms with E-state index in [0.717, 1.165) is 0 Å². The van der Waals surface area contributed by atoms with Crippen molar-refractivity contribution in [2.24, 2.45) is 11.8 Å². The van der Waals surface area contributed by atoms with Crippen LogP contribution in [-0.4, -0.2) is 25.0 Å². The summed E-state index contributed by atoms with van der Waals surface area (Å²) in [6.07, 6.45) is 14.6. The molecular weight excluding hydrogens is 271 g/mol. The summed E-state index contributed by atoms with van der Waals surface area (Å²) in [7, 11) is -5.05. The van der Waals surface area contributed by atoms with Gasteiger partial charge in [0.15, 0.2) is 0 Å². The van der Waals surface area contributed by atoms with Gasteiger partial charge >= 0.3 is 120 Å². The van der Waals surface area contributed by atoms with Crippen LogP contribution in [0.25, 0.3) is 0 Å². The van der Waals surface area contributed by atoms with Gasteiger partial charge in [0, 0.05) is 0 Å². The summed E-state index contributed by atoms with van der Waals surface area (Å²) >= 11 is 0. The molecule has 0 radical (unpaired) electrons. The van der Waals surface area contributed by atoms with Gasteiger partial charge in [-0.15, -0.1) is 0 Å². The number of allylic oxidation sites excluding steroid dienone is 8. The summed E-state index contributed by atoms with van der Waals surface area (Å²) in [6.45, 7) is 7.28. The van der Waals surface area contributed by atoms with Crippen molar-refractivity contribution >= 4 is 7.28 Å². The van der Waals surface area contributed by atoms with Crippen molar-refractivity contribution in [3.8, 4) is 0 Å². The number of hydrogen-bond acceptors (Lipinski definition) is 3. The quantitative estimate of drug-likeness (QED) is 0.685. The Morgan fingerprint density at radius 1 is 0.750 bits per heavy atom. The molecule has 0 fully saturated rings. The maximum atomic E-state index is 11.2. The van der Waals surface area contributed by atoms with Crippen LogP contribution in [-0.2, 0) is 0 Å². The Balaban J connectivity index is 2.62. The van der Waals surface area contributed by atoms with Crippen molar-refractivity contribution in [3.63, 3.8) is 0 Å². The van der Waals surface area contributed by atoms with E-state index in [9.17, 15) is 14.7 Å². The van der Waals surface area contributed by atoms with E-state index in [0.29, 0.717) is 0 Å². The van der Waals surface area contributed by atoms with Gasteiger partial charge in [0.25, 0.3) is 0 Å². The van der Waals surface area contributed by atoms with Crippen molar-refractivity contribution in [1.82, 2.24) is 0 Å². The Bertz CT molecular complexity index is 480. The van der Waals surface area contributed by atoms with Crippen molar-refractivity contribution in [3.05, 3.63) is 48.6 Å². The van der Waals surface area contributed by atoms with E-state index in [1.165, 1.54) is 0 Å². The number of rotatable bonds is 2. The molecule has 0 saturated heterocycles. The van der Waals surface area contributed by atoms with Gasteiger partial charge in [0.1, 0.15) is 0 Å². The standard InChI is InChI=1S/C16H25O3P/c1-13-9-5-7-11-15(13,3)20(17,18,19)16(4)12-8-6-10-14(16)2/h5-14,17-19H,1-4H3. The Kier molecular flexibility index (Phi) is 3.43. The third kappa shape index (κ3) is 1.74. The fraction of sp³-hybridized carbons (Fsp3) is 0.500. The molecule has 0 amide bonds. The molecule has 20 heavy (non-hydrogen) atoms. The molecular formula is C16H25O3P. The molecule has 3 N–H and O–H groups in total. The molecule has 0 aromatic rings. The molecule has 4 heteroatoms. The van der Waals surface area contributed by atoms with Crippen molar-refractivity contribution in [1.29, 1.82) is 0 Å². The van der Waals surface area contributed by atoms with Crippen molar-refractivity contribution in [2.45, 2.75) is 38.0 Å². The van der Waals surface area contributed by atoms with Crippen LogP contribution in [0.2, 0.25) is 0 Å². The van der Waals surface area contributed by atoms with Crippen LogP contribution in [0.1, 0.15) is 27.7 Å². The Morgan fingerprint density at radius 2 is 1.10 bits per heavy atom. The second kappa shape index (κ2) is 4.38. The zero-order valence-electron chi connectivity index (χ0n) is 12.6. The molecule has 0 spiro atoms. The second-order valence-electron chi connectivity index (χ2n) is 6.50. The molecule has 0 bridgehead atoms. The summed E-state index contributed by atoms with van der Waals surface area (Å²) in [5.41, 5.74) is 0. The van der Waals surface area contributed by atoms with Crippen LogP contribution in [0.4, 0.5) is 0 Å². The van der Waals surface area contributed by atoms with E-state index in [1.807, 2.05) is 38.2 Å². The van der Waals surface area contributed by atoms with Gasteiger partial charge in [-0.25, -0.2) is 0 Å². The van der Waals surface area contributed by atoms with Gasteiger partial charge in [-0.2, -0.15) is 0 Å². The molecule has 112 valence electrons. The van der Waals surface area contributed by atoms with Gasteiger partial charge in [-0.05, 0) is 0 Å². The monoisotopic (exact) mass is 296 g/mol. The molecule has 4 unspecified atom stereocenters. The zero-order chi connectivity index (χ0) is 15.3. The summed E-state index contributed by atoms with van der Waals surface area (Å²) in [6, 6.07) is 0. The molecule has 0 heterocycles. The van der Waals surface area contributed by atoms with Crippen LogP contribution < -0.4 is 0 Å². The molecule has 2 aliphatic rings. The Hall–Kier alpha value is -0.730. The van der Waals surface area contributed by atoms with E-state index in [-0.39, 0.29) is 11.8 Å². The predicted molar refractivity (Wildman–Crippen MR) is 85.3 cm³/mol. The molecule has 4 atom stereocenters. The third-order valence-electron chi connectivity index (χ3n) is 5.51. The first-order valence-corrected chi connectivity index (χ1v) is 9.12. The van der Waals surface area contributed by atoms with E-state index in [1.54, 1.807) is 38.2 Å². The van der Waals surface area contributed by atoms with Crippen molar-refractivity contribution in [2.75, 3.05) is 0 Å². The second-order valence-corrected chi connectivity index (χ2v) is 10.4. The van der Waals surface area contributed by atoms with Crippen molar-refractivity contribution < 1.29 is 14.7 Å². The van der Waals surface area contributed by atoms with Crippen LogP contribution in [0.15, 0.2) is 48.6 Å². The topological polar surface area (TPSA) is 60.7 Å². The maximum absolute atomic E-state index is 11.2. The van der Waals surface area contributed by atoms with E-state index < -0.39 is 17.6 Å².